The largest absolute Gasteiger partial charge is 0.394 e. The van der Waals surface area contributed by atoms with Gasteiger partial charge in [-0.3, -0.25) is 10.1 Å². The van der Waals surface area contributed by atoms with Gasteiger partial charge in [-0.1, -0.05) is 25.1 Å². The molecule has 1 heterocycles. The van der Waals surface area contributed by atoms with Crippen LogP contribution in [0.3, 0.4) is 0 Å². The van der Waals surface area contributed by atoms with Crippen LogP contribution in [-0.2, 0) is 4.79 Å². The van der Waals surface area contributed by atoms with E-state index in [4.69, 9.17) is 0 Å². The van der Waals surface area contributed by atoms with Crippen LogP contribution in [0.2, 0.25) is 0 Å². The molecule has 0 aromatic heterocycles. The van der Waals surface area contributed by atoms with E-state index >= 15 is 0 Å². The zero-order valence-electron chi connectivity index (χ0n) is 12.0. The average molecular weight is 278 g/mol. The summed E-state index contributed by atoms with van der Waals surface area (Å²) >= 11 is 0. The highest BCUT2D eigenvalue weighted by atomic mass is 16.3. The Morgan fingerprint density at radius 3 is 2.60 bits per heavy atom. The predicted molar refractivity (Wildman–Crippen MR) is 77.5 cm³/mol. The smallest absolute Gasteiger partial charge is 0.228 e. The zero-order chi connectivity index (χ0) is 14.8. The fraction of sp³-hybridized carbons (Fsp3) is 0.533. The topological polar surface area (TPSA) is 72.8 Å². The van der Waals surface area contributed by atoms with Crippen molar-refractivity contribution in [3.63, 3.8) is 0 Å². The molecular weight excluding hydrogens is 256 g/mol. The molecule has 2 rings (SSSR count). The molecule has 20 heavy (non-hydrogen) atoms. The lowest BCUT2D eigenvalue weighted by Crippen LogP contribution is -2.54. The van der Waals surface area contributed by atoms with Crippen LogP contribution < -0.4 is 10.2 Å². The number of rotatable bonds is 5. The first kappa shape index (κ1) is 15.0. The van der Waals surface area contributed by atoms with Gasteiger partial charge in [0.15, 0.2) is 0 Å². The summed E-state index contributed by atoms with van der Waals surface area (Å²) in [6.45, 7) is 1.58. The molecule has 0 fully saturated rings. The second-order valence-electron chi connectivity index (χ2n) is 5.36. The van der Waals surface area contributed by atoms with Crippen molar-refractivity contribution in [1.82, 2.24) is 5.32 Å². The molecule has 1 aliphatic rings. The molecule has 0 bridgehead atoms. The van der Waals surface area contributed by atoms with Crippen LogP contribution in [0.15, 0.2) is 24.3 Å². The van der Waals surface area contributed by atoms with E-state index in [1.807, 2.05) is 31.2 Å². The Morgan fingerprint density at radius 2 is 2.00 bits per heavy atom. The Morgan fingerprint density at radius 1 is 1.35 bits per heavy atom. The molecule has 0 spiro atoms. The fourth-order valence-electron chi connectivity index (χ4n) is 2.61. The van der Waals surface area contributed by atoms with Crippen molar-refractivity contribution in [3.8, 4) is 0 Å². The van der Waals surface area contributed by atoms with Gasteiger partial charge in [-0.25, -0.2) is 0 Å². The van der Waals surface area contributed by atoms with Crippen LogP contribution in [0, 0.1) is 0 Å². The molecule has 5 nitrogen and oxygen atoms in total. The van der Waals surface area contributed by atoms with Gasteiger partial charge in [0, 0.05) is 25.2 Å². The number of anilines is 1. The fourth-order valence-corrected chi connectivity index (χ4v) is 2.61. The number of hydrogen-bond donors (Lipinski definition) is 3. The van der Waals surface area contributed by atoms with Gasteiger partial charge in [0.05, 0.1) is 18.8 Å². The molecule has 1 unspecified atom stereocenters. The predicted octanol–water partition coefficient (Wildman–Crippen LogP) is 0.817. The number of hydrogen-bond acceptors (Lipinski definition) is 4. The maximum Gasteiger partial charge on any atom is 0.228 e. The summed E-state index contributed by atoms with van der Waals surface area (Å²) in [6, 6.07) is 7.53. The maximum atomic E-state index is 12.1. The number of benzene rings is 1. The number of carbonyl (C=O) groups excluding carboxylic acids is 1. The van der Waals surface area contributed by atoms with E-state index in [-0.39, 0.29) is 25.2 Å². The number of para-hydroxylation sites is 1. The summed E-state index contributed by atoms with van der Waals surface area (Å²) in [6.07, 6.45) is 0.915. The van der Waals surface area contributed by atoms with Crippen molar-refractivity contribution in [2.75, 3.05) is 25.2 Å². The van der Waals surface area contributed by atoms with Crippen molar-refractivity contribution in [2.45, 2.75) is 31.3 Å². The van der Waals surface area contributed by atoms with Gasteiger partial charge in [0.1, 0.15) is 0 Å². The molecular formula is C15H22N2O3. The molecule has 1 aromatic rings. The second-order valence-corrected chi connectivity index (χ2v) is 5.36. The third kappa shape index (κ3) is 2.57. The van der Waals surface area contributed by atoms with Gasteiger partial charge in [0.25, 0.3) is 0 Å². The van der Waals surface area contributed by atoms with E-state index in [1.165, 1.54) is 0 Å². The van der Waals surface area contributed by atoms with Crippen molar-refractivity contribution >= 4 is 11.6 Å². The standard InChI is InChI=1S/C15H22N2O3/c1-3-15(9-18,10-19)16-12-8-14(20)17(2)13-7-5-4-6-11(12)13/h4-7,12,16,18-19H,3,8-10H2,1-2H3. The normalized spacial score (nSPS) is 19.1. The van der Waals surface area contributed by atoms with E-state index in [2.05, 4.69) is 5.32 Å². The Balaban J connectivity index is 2.33. The Bertz CT molecular complexity index is 477. The molecule has 0 aliphatic carbocycles. The third-order valence-electron chi connectivity index (χ3n) is 4.19. The van der Waals surface area contributed by atoms with E-state index in [0.29, 0.717) is 12.8 Å². The van der Waals surface area contributed by atoms with Crippen molar-refractivity contribution in [1.29, 1.82) is 0 Å². The van der Waals surface area contributed by atoms with Crippen LogP contribution in [0.25, 0.3) is 0 Å². The number of aliphatic hydroxyl groups excluding tert-OH is 2. The summed E-state index contributed by atoms with van der Waals surface area (Å²) in [7, 11) is 1.77. The number of amides is 1. The van der Waals surface area contributed by atoms with Gasteiger partial charge in [-0.15, -0.1) is 0 Å². The minimum absolute atomic E-state index is 0.0297. The highest BCUT2D eigenvalue weighted by Crippen LogP contribution is 2.34. The molecule has 3 N–H and O–H groups in total. The molecule has 0 radical (unpaired) electrons. The van der Waals surface area contributed by atoms with Crippen LogP contribution in [0.1, 0.15) is 31.4 Å². The SMILES string of the molecule is CCC(CO)(CO)NC1CC(=O)N(C)c2ccccc21. The quantitative estimate of drug-likeness (QED) is 0.745. The summed E-state index contributed by atoms with van der Waals surface area (Å²) in [5, 5.41) is 22.4. The molecule has 1 aromatic carbocycles. The van der Waals surface area contributed by atoms with E-state index in [0.717, 1.165) is 11.3 Å². The van der Waals surface area contributed by atoms with Gasteiger partial charge in [-0.05, 0) is 18.1 Å². The first-order chi connectivity index (χ1) is 9.56. The lowest BCUT2D eigenvalue weighted by molar-refractivity contribution is -0.119. The Labute approximate surface area is 119 Å². The first-order valence-corrected chi connectivity index (χ1v) is 6.92. The highest BCUT2D eigenvalue weighted by Gasteiger charge is 2.35. The second kappa shape index (κ2) is 5.91. The lowest BCUT2D eigenvalue weighted by atomic mass is 9.90. The summed E-state index contributed by atoms with van der Waals surface area (Å²) in [5.41, 5.74) is 1.14. The van der Waals surface area contributed by atoms with Crippen LogP contribution in [0.4, 0.5) is 5.69 Å². The minimum atomic E-state index is -0.756. The Hall–Kier alpha value is -1.43. The van der Waals surface area contributed by atoms with Gasteiger partial charge >= 0.3 is 0 Å². The molecule has 1 atom stereocenters. The summed E-state index contributed by atoms with van der Waals surface area (Å²) in [5.74, 6) is 0.0297. The number of nitrogens with zero attached hydrogens (tertiary/aromatic N) is 1. The third-order valence-corrected chi connectivity index (χ3v) is 4.19. The van der Waals surface area contributed by atoms with Crippen molar-refractivity contribution < 1.29 is 15.0 Å². The zero-order valence-corrected chi connectivity index (χ0v) is 12.0. The molecule has 0 saturated heterocycles. The van der Waals surface area contributed by atoms with Crippen LogP contribution in [-0.4, -0.2) is 41.9 Å². The van der Waals surface area contributed by atoms with Crippen LogP contribution >= 0.6 is 0 Å². The van der Waals surface area contributed by atoms with E-state index < -0.39 is 5.54 Å². The number of aliphatic hydroxyl groups is 2. The number of carbonyl (C=O) groups is 1. The van der Waals surface area contributed by atoms with E-state index in [1.54, 1.807) is 11.9 Å². The lowest BCUT2D eigenvalue weighted by Gasteiger charge is -2.39. The molecule has 1 amide bonds. The van der Waals surface area contributed by atoms with Gasteiger partial charge in [-0.2, -0.15) is 0 Å². The summed E-state index contributed by atoms with van der Waals surface area (Å²) < 4.78 is 0. The molecule has 5 heteroatoms. The highest BCUT2D eigenvalue weighted by molar-refractivity contribution is 5.96. The van der Waals surface area contributed by atoms with Gasteiger partial charge in [0.2, 0.25) is 5.91 Å². The average Bonchev–Trinajstić information content (AvgIpc) is 2.50. The van der Waals surface area contributed by atoms with Crippen molar-refractivity contribution in [3.05, 3.63) is 29.8 Å². The number of fused-ring (bicyclic) bond motifs is 1. The van der Waals surface area contributed by atoms with Crippen LogP contribution in [0.5, 0.6) is 0 Å². The first-order valence-electron chi connectivity index (χ1n) is 6.92. The molecule has 0 saturated carbocycles. The molecule has 1 aliphatic heterocycles. The maximum absolute atomic E-state index is 12.1. The van der Waals surface area contributed by atoms with Crippen molar-refractivity contribution in [2.24, 2.45) is 0 Å². The van der Waals surface area contributed by atoms with Gasteiger partial charge < -0.3 is 15.1 Å². The molecule has 110 valence electrons. The van der Waals surface area contributed by atoms with E-state index in [9.17, 15) is 15.0 Å². The monoisotopic (exact) mass is 278 g/mol. The minimum Gasteiger partial charge on any atom is -0.394 e. The summed E-state index contributed by atoms with van der Waals surface area (Å²) in [4.78, 5) is 13.7. The number of nitrogens with one attached hydrogen (secondary N) is 1. The Kier molecular flexibility index (Phi) is 4.42.